The SMILES string of the molecule is CN1CN(Cc2ccc(F)cc2)CC2=C1CCN(CC#Cc1ccccc1)C2. The summed E-state index contributed by atoms with van der Waals surface area (Å²) < 4.78 is 13.2. The average molecular weight is 375 g/mol. The van der Waals surface area contributed by atoms with Crippen LogP contribution in [0, 0.1) is 17.7 Å². The van der Waals surface area contributed by atoms with Crippen molar-refractivity contribution in [2.75, 3.05) is 39.9 Å². The largest absolute Gasteiger partial charge is 0.365 e. The molecule has 0 radical (unpaired) electrons. The Hall–Kier alpha value is -2.61. The predicted octanol–water partition coefficient (Wildman–Crippen LogP) is 3.54. The van der Waals surface area contributed by atoms with Crippen LogP contribution < -0.4 is 0 Å². The quantitative estimate of drug-likeness (QED) is 0.760. The number of hydrogen-bond donors (Lipinski definition) is 0. The molecule has 0 aliphatic carbocycles. The number of rotatable bonds is 3. The first kappa shape index (κ1) is 18.7. The highest BCUT2D eigenvalue weighted by Crippen LogP contribution is 2.26. The van der Waals surface area contributed by atoms with Gasteiger partial charge in [0, 0.05) is 50.9 Å². The lowest BCUT2D eigenvalue weighted by molar-refractivity contribution is 0.137. The molecule has 0 saturated carbocycles. The highest BCUT2D eigenvalue weighted by atomic mass is 19.1. The number of benzene rings is 2. The Morgan fingerprint density at radius 3 is 2.50 bits per heavy atom. The zero-order valence-corrected chi connectivity index (χ0v) is 16.4. The monoisotopic (exact) mass is 375 g/mol. The van der Waals surface area contributed by atoms with Gasteiger partial charge in [-0.15, -0.1) is 0 Å². The van der Waals surface area contributed by atoms with E-state index in [4.69, 9.17) is 0 Å². The highest BCUT2D eigenvalue weighted by Gasteiger charge is 2.27. The summed E-state index contributed by atoms with van der Waals surface area (Å²) in [7, 11) is 2.18. The van der Waals surface area contributed by atoms with Crippen LogP contribution in [0.3, 0.4) is 0 Å². The summed E-state index contributed by atoms with van der Waals surface area (Å²) in [6, 6.07) is 17.0. The van der Waals surface area contributed by atoms with Crippen molar-refractivity contribution in [3.63, 3.8) is 0 Å². The lowest BCUT2D eigenvalue weighted by Crippen LogP contribution is -2.47. The van der Waals surface area contributed by atoms with Crippen molar-refractivity contribution in [3.8, 4) is 11.8 Å². The van der Waals surface area contributed by atoms with Gasteiger partial charge in [-0.3, -0.25) is 9.80 Å². The molecule has 2 aliphatic heterocycles. The van der Waals surface area contributed by atoms with Crippen molar-refractivity contribution < 1.29 is 4.39 Å². The Labute approximate surface area is 167 Å². The molecule has 3 nitrogen and oxygen atoms in total. The standard InChI is InChI=1S/C24H26FN3/c1-26-19-28(16-21-9-11-23(25)12-10-21)18-22-17-27(15-13-24(22)26)14-5-8-20-6-3-2-4-7-20/h2-4,6-7,9-12H,13-19H2,1H3. The maximum Gasteiger partial charge on any atom is 0.123 e. The summed E-state index contributed by atoms with van der Waals surface area (Å²) in [5, 5.41) is 0. The Bertz CT molecular complexity index is 893. The van der Waals surface area contributed by atoms with Crippen molar-refractivity contribution in [1.29, 1.82) is 0 Å². The molecule has 0 spiro atoms. The van der Waals surface area contributed by atoms with Crippen LogP contribution in [0.5, 0.6) is 0 Å². The first-order valence-electron chi connectivity index (χ1n) is 9.82. The average Bonchev–Trinajstić information content (AvgIpc) is 2.70. The van der Waals surface area contributed by atoms with Crippen molar-refractivity contribution in [3.05, 3.63) is 82.8 Å². The van der Waals surface area contributed by atoms with E-state index in [1.165, 1.54) is 11.3 Å². The van der Waals surface area contributed by atoms with Gasteiger partial charge in [0.05, 0.1) is 13.2 Å². The molecule has 0 aromatic heterocycles. The summed E-state index contributed by atoms with van der Waals surface area (Å²) in [4.78, 5) is 7.23. The fourth-order valence-electron chi connectivity index (χ4n) is 4.05. The zero-order valence-electron chi connectivity index (χ0n) is 16.4. The van der Waals surface area contributed by atoms with Crippen molar-refractivity contribution in [1.82, 2.24) is 14.7 Å². The van der Waals surface area contributed by atoms with Crippen LogP contribution in [0.25, 0.3) is 0 Å². The Kier molecular flexibility index (Phi) is 5.76. The van der Waals surface area contributed by atoms with E-state index in [0.717, 1.165) is 56.9 Å². The van der Waals surface area contributed by atoms with Crippen LogP contribution in [0.4, 0.5) is 4.39 Å². The van der Waals surface area contributed by atoms with E-state index in [0.29, 0.717) is 0 Å². The molecule has 0 N–H and O–H groups in total. The van der Waals surface area contributed by atoms with Gasteiger partial charge < -0.3 is 4.90 Å². The minimum atomic E-state index is -0.177. The van der Waals surface area contributed by atoms with Crippen molar-refractivity contribution >= 4 is 0 Å². The maximum absolute atomic E-state index is 13.2. The minimum Gasteiger partial charge on any atom is -0.365 e. The van der Waals surface area contributed by atoms with Crippen molar-refractivity contribution in [2.24, 2.45) is 0 Å². The van der Waals surface area contributed by atoms with E-state index in [9.17, 15) is 4.39 Å². The Balaban J connectivity index is 1.38. The molecule has 4 heteroatoms. The number of hydrogen-bond acceptors (Lipinski definition) is 3. The third kappa shape index (κ3) is 4.62. The van der Waals surface area contributed by atoms with E-state index < -0.39 is 0 Å². The molecule has 0 atom stereocenters. The molecule has 2 aromatic carbocycles. The van der Waals surface area contributed by atoms with Crippen LogP contribution >= 0.6 is 0 Å². The maximum atomic E-state index is 13.2. The smallest absolute Gasteiger partial charge is 0.123 e. The van der Waals surface area contributed by atoms with E-state index in [2.05, 4.69) is 33.6 Å². The first-order chi connectivity index (χ1) is 13.7. The summed E-state index contributed by atoms with van der Waals surface area (Å²) in [5.41, 5.74) is 5.20. The molecule has 2 aliphatic rings. The fraction of sp³-hybridized carbons (Fsp3) is 0.333. The van der Waals surface area contributed by atoms with Gasteiger partial charge in [0.2, 0.25) is 0 Å². The Morgan fingerprint density at radius 1 is 0.964 bits per heavy atom. The predicted molar refractivity (Wildman–Crippen MR) is 111 cm³/mol. The van der Waals surface area contributed by atoms with Crippen LogP contribution in [0.15, 0.2) is 65.9 Å². The fourth-order valence-corrected chi connectivity index (χ4v) is 4.05. The molecule has 0 saturated heterocycles. The van der Waals surface area contributed by atoms with Gasteiger partial charge in [0.25, 0.3) is 0 Å². The molecular formula is C24H26FN3. The molecule has 0 bridgehead atoms. The summed E-state index contributed by atoms with van der Waals surface area (Å²) in [6.45, 7) is 5.57. The van der Waals surface area contributed by atoms with Crippen LogP contribution in [-0.4, -0.2) is 54.6 Å². The van der Waals surface area contributed by atoms with E-state index in [-0.39, 0.29) is 5.82 Å². The lowest BCUT2D eigenvalue weighted by atomic mass is 10.0. The van der Waals surface area contributed by atoms with Gasteiger partial charge in [0.1, 0.15) is 5.82 Å². The topological polar surface area (TPSA) is 9.72 Å². The van der Waals surface area contributed by atoms with Gasteiger partial charge >= 0.3 is 0 Å². The van der Waals surface area contributed by atoms with E-state index in [1.54, 1.807) is 12.1 Å². The van der Waals surface area contributed by atoms with Gasteiger partial charge in [-0.2, -0.15) is 0 Å². The first-order valence-corrected chi connectivity index (χ1v) is 9.82. The van der Waals surface area contributed by atoms with Crippen LogP contribution in [0.1, 0.15) is 17.5 Å². The van der Waals surface area contributed by atoms with E-state index >= 15 is 0 Å². The lowest BCUT2D eigenvalue weighted by Gasteiger charge is -2.42. The van der Waals surface area contributed by atoms with E-state index in [1.807, 2.05) is 42.5 Å². The number of nitrogens with zero attached hydrogens (tertiary/aromatic N) is 3. The normalized spacial score (nSPS) is 17.9. The molecule has 0 fully saturated rings. The highest BCUT2D eigenvalue weighted by molar-refractivity contribution is 5.34. The summed E-state index contributed by atoms with van der Waals surface area (Å²) in [5.74, 6) is 6.41. The molecule has 144 valence electrons. The summed E-state index contributed by atoms with van der Waals surface area (Å²) in [6.07, 6.45) is 1.09. The van der Waals surface area contributed by atoms with Crippen molar-refractivity contribution in [2.45, 2.75) is 13.0 Å². The molecule has 0 unspecified atom stereocenters. The molecule has 4 rings (SSSR count). The third-order valence-corrected chi connectivity index (χ3v) is 5.40. The third-order valence-electron chi connectivity index (χ3n) is 5.40. The summed E-state index contributed by atoms with van der Waals surface area (Å²) >= 11 is 0. The van der Waals surface area contributed by atoms with Gasteiger partial charge in [-0.25, -0.2) is 4.39 Å². The van der Waals surface area contributed by atoms with Gasteiger partial charge in [-0.1, -0.05) is 42.2 Å². The second-order valence-electron chi connectivity index (χ2n) is 7.63. The Morgan fingerprint density at radius 2 is 1.71 bits per heavy atom. The molecule has 0 amide bonds. The second-order valence-corrected chi connectivity index (χ2v) is 7.63. The zero-order chi connectivity index (χ0) is 19.3. The van der Waals surface area contributed by atoms with Crippen LogP contribution in [-0.2, 0) is 6.54 Å². The van der Waals surface area contributed by atoms with Crippen LogP contribution in [0.2, 0.25) is 0 Å². The molecule has 2 aromatic rings. The number of halogens is 1. The molecule has 2 heterocycles. The van der Waals surface area contributed by atoms with Gasteiger partial charge in [0.15, 0.2) is 0 Å². The second kappa shape index (κ2) is 8.60. The molecular weight excluding hydrogens is 349 g/mol. The molecule has 28 heavy (non-hydrogen) atoms. The van der Waals surface area contributed by atoms with Gasteiger partial charge in [-0.05, 0) is 35.4 Å². The minimum absolute atomic E-state index is 0.177.